The SMILES string of the molecule is COc1cc(OC)c2c(c1Cl)O[C@]1(C2=O)C(O)=C(C=Nc2cccc3cccnc23)C(=O)C[C@H]1C. The van der Waals surface area contributed by atoms with Gasteiger partial charge in [0, 0.05) is 36.2 Å². The number of aliphatic imine (C=N–C) groups is 1. The van der Waals surface area contributed by atoms with Crippen LogP contribution in [0.5, 0.6) is 17.2 Å². The average molecular weight is 493 g/mol. The lowest BCUT2D eigenvalue weighted by Gasteiger charge is -2.36. The molecule has 0 bridgehead atoms. The van der Waals surface area contributed by atoms with Crippen molar-refractivity contribution in [1.29, 1.82) is 0 Å². The predicted octanol–water partition coefficient (Wildman–Crippen LogP) is 5.04. The standard InChI is InChI=1S/C26H21ClN2O6/c1-13-10-17(30)15(12-29-16-8-4-6-14-7-5-9-28-22(14)16)24(31)26(13)25(32)20-18(33-2)11-19(34-3)21(27)23(20)35-26/h4-9,11-13,31H,10H2,1-3H3/t13-,26+/m1/s1. The van der Waals surface area contributed by atoms with Crippen molar-refractivity contribution < 1.29 is 28.9 Å². The van der Waals surface area contributed by atoms with Crippen LogP contribution in [0.2, 0.25) is 5.02 Å². The predicted molar refractivity (Wildman–Crippen MR) is 131 cm³/mol. The summed E-state index contributed by atoms with van der Waals surface area (Å²) in [6.45, 7) is 1.66. The number of hydrogen-bond donors (Lipinski definition) is 1. The average Bonchev–Trinajstić information content (AvgIpc) is 3.18. The van der Waals surface area contributed by atoms with E-state index in [1.165, 1.54) is 26.5 Å². The Bertz CT molecular complexity index is 1460. The van der Waals surface area contributed by atoms with Crippen LogP contribution in [0.15, 0.2) is 58.9 Å². The molecule has 1 aliphatic heterocycles. The van der Waals surface area contributed by atoms with Gasteiger partial charge in [-0.25, -0.2) is 0 Å². The van der Waals surface area contributed by atoms with Gasteiger partial charge in [-0.2, -0.15) is 0 Å². The number of halogens is 1. The maximum absolute atomic E-state index is 13.8. The van der Waals surface area contributed by atoms with E-state index in [4.69, 9.17) is 25.8 Å². The summed E-state index contributed by atoms with van der Waals surface area (Å²) in [6, 6.07) is 10.7. The largest absolute Gasteiger partial charge is 0.507 e. The number of allylic oxidation sites excluding steroid dienone is 1. The summed E-state index contributed by atoms with van der Waals surface area (Å²) >= 11 is 6.45. The molecule has 0 saturated carbocycles. The Morgan fingerprint density at radius 1 is 1.20 bits per heavy atom. The summed E-state index contributed by atoms with van der Waals surface area (Å²) in [5.74, 6) is -1.63. The number of Topliss-reactive ketones (excluding diaryl/α,β-unsaturated/α-hetero) is 2. The monoisotopic (exact) mass is 492 g/mol. The minimum Gasteiger partial charge on any atom is -0.507 e. The van der Waals surface area contributed by atoms with Crippen LogP contribution in [0.1, 0.15) is 23.7 Å². The van der Waals surface area contributed by atoms with E-state index >= 15 is 0 Å². The number of fused-ring (bicyclic) bond motifs is 2. The Morgan fingerprint density at radius 3 is 2.69 bits per heavy atom. The summed E-state index contributed by atoms with van der Waals surface area (Å²) in [5, 5.41) is 12.3. The maximum Gasteiger partial charge on any atom is 0.231 e. The normalized spacial score (nSPS) is 21.7. The van der Waals surface area contributed by atoms with Gasteiger partial charge in [0.25, 0.3) is 0 Å². The van der Waals surface area contributed by atoms with E-state index < -0.39 is 23.1 Å². The highest BCUT2D eigenvalue weighted by Crippen LogP contribution is 2.54. The van der Waals surface area contributed by atoms with Crippen LogP contribution in [0.3, 0.4) is 0 Å². The number of aliphatic hydroxyl groups excluding tert-OH is 1. The number of carbonyl (C=O) groups is 2. The molecule has 2 aliphatic rings. The van der Waals surface area contributed by atoms with Crippen LogP contribution < -0.4 is 14.2 Å². The van der Waals surface area contributed by atoms with Crippen LogP contribution in [-0.4, -0.2) is 47.7 Å². The maximum atomic E-state index is 13.8. The Morgan fingerprint density at radius 2 is 1.94 bits per heavy atom. The second kappa shape index (κ2) is 8.39. The molecule has 0 amide bonds. The summed E-state index contributed by atoms with van der Waals surface area (Å²) in [5.41, 5.74) is -0.722. The zero-order valence-corrected chi connectivity index (χ0v) is 19.9. The molecule has 1 aromatic heterocycles. The van der Waals surface area contributed by atoms with Gasteiger partial charge >= 0.3 is 0 Å². The molecule has 0 radical (unpaired) electrons. The third kappa shape index (κ3) is 3.28. The van der Waals surface area contributed by atoms with Gasteiger partial charge in [0.2, 0.25) is 11.4 Å². The highest BCUT2D eigenvalue weighted by Gasteiger charge is 2.60. The molecule has 5 rings (SSSR count). The lowest BCUT2D eigenvalue weighted by atomic mass is 9.73. The number of ether oxygens (including phenoxy) is 3. The van der Waals surface area contributed by atoms with Crippen molar-refractivity contribution >= 4 is 46.0 Å². The van der Waals surface area contributed by atoms with E-state index in [-0.39, 0.29) is 45.6 Å². The van der Waals surface area contributed by atoms with Crippen molar-refractivity contribution in [3.05, 3.63) is 64.5 Å². The van der Waals surface area contributed by atoms with Crippen molar-refractivity contribution in [2.45, 2.75) is 18.9 Å². The van der Waals surface area contributed by atoms with E-state index in [0.29, 0.717) is 11.2 Å². The zero-order valence-electron chi connectivity index (χ0n) is 19.2. The van der Waals surface area contributed by atoms with E-state index in [9.17, 15) is 14.7 Å². The van der Waals surface area contributed by atoms with Crippen molar-refractivity contribution in [3.63, 3.8) is 0 Å². The number of pyridine rings is 1. The molecule has 9 heteroatoms. The smallest absolute Gasteiger partial charge is 0.231 e. The van der Waals surface area contributed by atoms with Crippen molar-refractivity contribution in [2.75, 3.05) is 14.2 Å². The summed E-state index contributed by atoms with van der Waals surface area (Å²) in [4.78, 5) is 35.5. The van der Waals surface area contributed by atoms with Crippen LogP contribution in [-0.2, 0) is 4.79 Å². The van der Waals surface area contributed by atoms with Gasteiger partial charge in [0.05, 0.1) is 31.0 Å². The molecule has 2 atom stereocenters. The highest BCUT2D eigenvalue weighted by atomic mass is 35.5. The van der Waals surface area contributed by atoms with E-state index in [1.807, 2.05) is 24.3 Å². The molecular formula is C26H21ClN2O6. The fourth-order valence-electron chi connectivity index (χ4n) is 4.64. The number of hydrogen-bond acceptors (Lipinski definition) is 8. The molecule has 8 nitrogen and oxygen atoms in total. The van der Waals surface area contributed by atoms with Gasteiger partial charge in [0.1, 0.15) is 22.1 Å². The minimum absolute atomic E-state index is 0.0372. The second-order valence-electron chi connectivity index (χ2n) is 8.37. The van der Waals surface area contributed by atoms with Crippen LogP contribution >= 0.6 is 11.6 Å². The molecule has 35 heavy (non-hydrogen) atoms. The van der Waals surface area contributed by atoms with Crippen LogP contribution in [0.4, 0.5) is 5.69 Å². The molecular weight excluding hydrogens is 472 g/mol. The van der Waals surface area contributed by atoms with Gasteiger partial charge < -0.3 is 19.3 Å². The molecule has 3 aromatic rings. The quantitative estimate of drug-likeness (QED) is 0.508. The molecule has 2 heterocycles. The third-order valence-electron chi connectivity index (χ3n) is 6.46. The highest BCUT2D eigenvalue weighted by molar-refractivity contribution is 6.35. The first-order valence-corrected chi connectivity index (χ1v) is 11.2. The number of aliphatic hydroxyl groups is 1. The molecule has 0 saturated heterocycles. The van der Waals surface area contributed by atoms with Crippen molar-refractivity contribution in [1.82, 2.24) is 4.98 Å². The van der Waals surface area contributed by atoms with Gasteiger partial charge in [-0.15, -0.1) is 0 Å². The Kier molecular flexibility index (Phi) is 5.48. The Hall–Kier alpha value is -3.91. The zero-order chi connectivity index (χ0) is 24.9. The third-order valence-corrected chi connectivity index (χ3v) is 6.81. The number of methoxy groups -OCH3 is 2. The number of carbonyl (C=O) groups excluding carboxylic acids is 2. The van der Waals surface area contributed by atoms with Gasteiger partial charge in [-0.1, -0.05) is 36.7 Å². The van der Waals surface area contributed by atoms with Crippen molar-refractivity contribution in [2.24, 2.45) is 10.9 Å². The van der Waals surface area contributed by atoms with Gasteiger partial charge in [-0.3, -0.25) is 19.6 Å². The van der Waals surface area contributed by atoms with Gasteiger partial charge in [0.15, 0.2) is 17.3 Å². The minimum atomic E-state index is -1.85. The first-order chi connectivity index (χ1) is 16.8. The molecule has 1 spiro atoms. The lowest BCUT2D eigenvalue weighted by molar-refractivity contribution is -0.118. The number of para-hydroxylation sites is 1. The molecule has 0 fully saturated rings. The van der Waals surface area contributed by atoms with E-state index in [0.717, 1.165) is 5.39 Å². The molecule has 1 aliphatic carbocycles. The van der Waals surface area contributed by atoms with E-state index in [1.54, 1.807) is 19.2 Å². The van der Waals surface area contributed by atoms with Crippen molar-refractivity contribution in [3.8, 4) is 17.2 Å². The molecule has 0 unspecified atom stereocenters. The van der Waals surface area contributed by atoms with Crippen LogP contribution in [0, 0.1) is 5.92 Å². The number of ketones is 2. The summed E-state index contributed by atoms with van der Waals surface area (Å²) in [6.07, 6.45) is 2.86. The molecule has 178 valence electrons. The number of benzene rings is 2. The topological polar surface area (TPSA) is 107 Å². The number of nitrogens with zero attached hydrogens (tertiary/aromatic N) is 2. The first-order valence-electron chi connectivity index (χ1n) is 10.9. The fraction of sp³-hybridized carbons (Fsp3) is 0.231. The summed E-state index contributed by atoms with van der Waals surface area (Å²) < 4.78 is 16.8. The van der Waals surface area contributed by atoms with E-state index in [2.05, 4.69) is 9.98 Å². The fourth-order valence-corrected chi connectivity index (χ4v) is 4.90. The number of rotatable bonds is 4. The van der Waals surface area contributed by atoms with Gasteiger partial charge in [-0.05, 0) is 12.1 Å². The Balaban J connectivity index is 1.65. The second-order valence-corrected chi connectivity index (χ2v) is 8.75. The molecule has 1 N–H and O–H groups in total. The Labute approximate surface area is 205 Å². The first kappa shape index (κ1) is 22.9. The lowest BCUT2D eigenvalue weighted by Crippen LogP contribution is -2.52. The van der Waals surface area contributed by atoms with Crippen LogP contribution in [0.25, 0.3) is 10.9 Å². The molecule has 2 aromatic carbocycles. The summed E-state index contributed by atoms with van der Waals surface area (Å²) in [7, 11) is 2.83. The number of aromatic nitrogens is 1.